The minimum absolute atomic E-state index is 0.0250. The van der Waals surface area contributed by atoms with Gasteiger partial charge in [-0.2, -0.15) is 0 Å². The van der Waals surface area contributed by atoms with Crippen molar-refractivity contribution in [2.24, 2.45) is 0 Å². The zero-order valence-electron chi connectivity index (χ0n) is 14.1. The Morgan fingerprint density at radius 3 is 2.50 bits per heavy atom. The lowest BCUT2D eigenvalue weighted by Gasteiger charge is -2.17. The fraction of sp³-hybridized carbons (Fsp3) is 0.222. The Hall–Kier alpha value is -3.42. The van der Waals surface area contributed by atoms with Gasteiger partial charge in [-0.15, -0.1) is 0 Å². The number of ether oxygens (including phenoxy) is 2. The van der Waals surface area contributed by atoms with Crippen LogP contribution in [0.5, 0.6) is 0 Å². The minimum Gasteiger partial charge on any atom is -0.464 e. The van der Waals surface area contributed by atoms with Crippen molar-refractivity contribution in [2.75, 3.05) is 6.61 Å². The van der Waals surface area contributed by atoms with Crippen LogP contribution in [0, 0.1) is 10.1 Å². The second-order valence-electron chi connectivity index (χ2n) is 5.24. The third-order valence-electron chi connectivity index (χ3n) is 3.41. The van der Waals surface area contributed by atoms with E-state index in [1.807, 2.05) is 6.07 Å². The Bertz CT molecular complexity index is 778. The quantitative estimate of drug-likeness (QED) is 0.463. The van der Waals surface area contributed by atoms with Crippen molar-refractivity contribution < 1.29 is 24.0 Å². The lowest BCUT2D eigenvalue weighted by molar-refractivity contribution is -0.384. The molecule has 0 saturated heterocycles. The summed E-state index contributed by atoms with van der Waals surface area (Å²) >= 11 is 0. The molecule has 8 heteroatoms. The van der Waals surface area contributed by atoms with Gasteiger partial charge < -0.3 is 14.8 Å². The number of nitro benzene ring substituents is 1. The van der Waals surface area contributed by atoms with Crippen LogP contribution < -0.4 is 5.32 Å². The molecule has 2 aromatic carbocycles. The fourth-order valence-corrected chi connectivity index (χ4v) is 2.20. The summed E-state index contributed by atoms with van der Waals surface area (Å²) in [5, 5.41) is 13.3. The average Bonchev–Trinajstić information content (AvgIpc) is 2.65. The van der Waals surface area contributed by atoms with Crippen LogP contribution in [0.4, 0.5) is 10.5 Å². The van der Waals surface area contributed by atoms with E-state index in [1.54, 1.807) is 31.2 Å². The molecule has 0 bridgehead atoms. The van der Waals surface area contributed by atoms with E-state index in [1.165, 1.54) is 24.3 Å². The van der Waals surface area contributed by atoms with E-state index >= 15 is 0 Å². The topological polar surface area (TPSA) is 108 Å². The molecule has 2 rings (SSSR count). The largest absolute Gasteiger partial charge is 0.464 e. The number of benzene rings is 2. The average molecular weight is 358 g/mol. The number of nitro groups is 1. The number of rotatable bonds is 7. The first kappa shape index (κ1) is 18.9. The van der Waals surface area contributed by atoms with Gasteiger partial charge >= 0.3 is 12.1 Å². The van der Waals surface area contributed by atoms with Crippen molar-refractivity contribution in [3.63, 3.8) is 0 Å². The van der Waals surface area contributed by atoms with Gasteiger partial charge in [0.15, 0.2) is 6.04 Å². The first-order valence-corrected chi connectivity index (χ1v) is 7.89. The lowest BCUT2D eigenvalue weighted by Crippen LogP contribution is -2.35. The molecule has 0 fully saturated rings. The summed E-state index contributed by atoms with van der Waals surface area (Å²) < 4.78 is 10.0. The molecule has 0 aliphatic heterocycles. The predicted molar refractivity (Wildman–Crippen MR) is 92.2 cm³/mol. The van der Waals surface area contributed by atoms with E-state index < -0.39 is 23.0 Å². The Morgan fingerprint density at radius 1 is 1.12 bits per heavy atom. The first-order valence-electron chi connectivity index (χ1n) is 7.89. The molecule has 0 heterocycles. The summed E-state index contributed by atoms with van der Waals surface area (Å²) in [6.45, 7) is 1.75. The molecule has 1 amide bonds. The summed E-state index contributed by atoms with van der Waals surface area (Å²) in [6.07, 6.45) is -0.835. The normalized spacial score (nSPS) is 11.3. The molecule has 8 nitrogen and oxygen atoms in total. The predicted octanol–water partition coefficient (Wildman–Crippen LogP) is 3.13. The first-order chi connectivity index (χ1) is 12.5. The molecule has 0 aliphatic carbocycles. The van der Waals surface area contributed by atoms with E-state index in [-0.39, 0.29) is 24.5 Å². The van der Waals surface area contributed by atoms with Crippen molar-refractivity contribution in [3.8, 4) is 0 Å². The Labute approximate surface area is 149 Å². The number of hydrogen-bond donors (Lipinski definition) is 1. The Balaban J connectivity index is 2.12. The zero-order chi connectivity index (χ0) is 18.9. The second-order valence-corrected chi connectivity index (χ2v) is 5.24. The van der Waals surface area contributed by atoms with E-state index in [9.17, 15) is 19.7 Å². The molecule has 26 heavy (non-hydrogen) atoms. The van der Waals surface area contributed by atoms with E-state index in [0.717, 1.165) is 5.56 Å². The molecule has 0 unspecified atom stereocenters. The van der Waals surface area contributed by atoms with Crippen LogP contribution in [0.25, 0.3) is 0 Å². The Kier molecular flexibility index (Phi) is 6.67. The molecule has 2 aromatic rings. The van der Waals surface area contributed by atoms with Crippen LogP contribution in [0.3, 0.4) is 0 Å². The summed E-state index contributed by atoms with van der Waals surface area (Å²) in [7, 11) is 0. The van der Waals surface area contributed by atoms with Gasteiger partial charge in [-0.25, -0.2) is 9.59 Å². The maximum Gasteiger partial charge on any atom is 0.408 e. The molecular weight excluding hydrogens is 340 g/mol. The number of hydrogen-bond acceptors (Lipinski definition) is 6. The molecule has 0 aromatic heterocycles. The second kappa shape index (κ2) is 9.16. The van der Waals surface area contributed by atoms with E-state index in [2.05, 4.69) is 5.32 Å². The third-order valence-corrected chi connectivity index (χ3v) is 3.41. The van der Waals surface area contributed by atoms with Gasteiger partial charge in [0, 0.05) is 12.1 Å². The molecule has 136 valence electrons. The highest BCUT2D eigenvalue weighted by atomic mass is 16.6. The molecule has 0 radical (unpaired) electrons. The highest BCUT2D eigenvalue weighted by Gasteiger charge is 2.26. The van der Waals surface area contributed by atoms with Gasteiger partial charge in [-0.3, -0.25) is 10.1 Å². The number of nitrogens with zero attached hydrogens (tertiary/aromatic N) is 1. The lowest BCUT2D eigenvalue weighted by atomic mass is 10.1. The SMILES string of the molecule is CCOC(=O)[C@H](NC(=O)OCc1ccccc1)c1cccc([N+](=O)[O-])c1. The summed E-state index contributed by atoms with van der Waals surface area (Å²) in [4.78, 5) is 34.6. The Morgan fingerprint density at radius 2 is 1.85 bits per heavy atom. The molecule has 0 saturated carbocycles. The van der Waals surface area contributed by atoms with Gasteiger partial charge in [0.05, 0.1) is 11.5 Å². The monoisotopic (exact) mass is 358 g/mol. The van der Waals surface area contributed by atoms with Gasteiger partial charge in [0.1, 0.15) is 6.61 Å². The summed E-state index contributed by atoms with van der Waals surface area (Å²) in [6, 6.07) is 13.2. The standard InChI is InChI=1S/C18H18N2O6/c1-2-25-17(21)16(14-9-6-10-15(11-14)20(23)24)19-18(22)26-12-13-7-4-3-5-8-13/h3-11,16H,2,12H2,1H3,(H,19,22)/t16-/m1/s1. The van der Waals surface area contributed by atoms with E-state index in [0.29, 0.717) is 0 Å². The van der Waals surface area contributed by atoms with Crippen molar-refractivity contribution in [1.82, 2.24) is 5.32 Å². The molecule has 1 N–H and O–H groups in total. The number of carbonyl (C=O) groups is 2. The maximum atomic E-state index is 12.2. The van der Waals surface area contributed by atoms with Gasteiger partial charge in [-0.1, -0.05) is 42.5 Å². The van der Waals surface area contributed by atoms with Crippen LogP contribution in [-0.4, -0.2) is 23.6 Å². The van der Waals surface area contributed by atoms with Crippen molar-refractivity contribution in [3.05, 3.63) is 75.8 Å². The van der Waals surface area contributed by atoms with Gasteiger partial charge in [0.2, 0.25) is 0 Å². The molecule has 0 aliphatic rings. The summed E-state index contributed by atoms with van der Waals surface area (Å²) in [5.41, 5.74) is 0.816. The van der Waals surface area contributed by atoms with Gasteiger partial charge in [0.25, 0.3) is 5.69 Å². The highest BCUT2D eigenvalue weighted by Crippen LogP contribution is 2.21. The van der Waals surface area contributed by atoms with Gasteiger partial charge in [-0.05, 0) is 18.1 Å². The van der Waals surface area contributed by atoms with Crippen LogP contribution in [0.15, 0.2) is 54.6 Å². The number of amides is 1. The van der Waals surface area contributed by atoms with E-state index in [4.69, 9.17) is 9.47 Å². The smallest absolute Gasteiger partial charge is 0.408 e. The number of esters is 1. The van der Waals surface area contributed by atoms with Crippen molar-refractivity contribution in [2.45, 2.75) is 19.6 Å². The number of carbonyl (C=O) groups excluding carboxylic acids is 2. The maximum absolute atomic E-state index is 12.2. The summed E-state index contributed by atoms with van der Waals surface area (Å²) in [5.74, 6) is -0.732. The highest BCUT2D eigenvalue weighted by molar-refractivity contribution is 5.83. The number of non-ortho nitro benzene ring substituents is 1. The molecule has 0 spiro atoms. The molecule has 1 atom stereocenters. The van der Waals surface area contributed by atoms with Crippen LogP contribution in [0.2, 0.25) is 0 Å². The number of alkyl carbamates (subject to hydrolysis) is 1. The van der Waals surface area contributed by atoms with Crippen LogP contribution in [-0.2, 0) is 20.9 Å². The fourth-order valence-electron chi connectivity index (χ4n) is 2.20. The van der Waals surface area contributed by atoms with Crippen LogP contribution in [0.1, 0.15) is 24.1 Å². The van der Waals surface area contributed by atoms with Crippen molar-refractivity contribution >= 4 is 17.7 Å². The van der Waals surface area contributed by atoms with Crippen molar-refractivity contribution in [1.29, 1.82) is 0 Å². The van der Waals surface area contributed by atoms with Crippen LogP contribution >= 0.6 is 0 Å². The zero-order valence-corrected chi connectivity index (χ0v) is 14.1. The third kappa shape index (κ3) is 5.30. The molecular formula is C18H18N2O6. The minimum atomic E-state index is -1.21. The number of nitrogens with one attached hydrogen (secondary N) is 1.